The lowest BCUT2D eigenvalue weighted by Crippen LogP contribution is -2.03. The van der Waals surface area contributed by atoms with E-state index in [0.29, 0.717) is 12.8 Å². The quantitative estimate of drug-likeness (QED) is 0.340. The Kier molecular flexibility index (Phi) is 7.88. The van der Waals surface area contributed by atoms with Crippen LogP contribution in [-0.2, 0) is 0 Å². The molecule has 1 aromatic rings. The second-order valence-electron chi connectivity index (χ2n) is 6.39. The van der Waals surface area contributed by atoms with Crippen LogP contribution in [0.4, 0.5) is 17.6 Å². The minimum Gasteiger partial charge on any atom is -0.204 e. The van der Waals surface area contributed by atoms with Gasteiger partial charge in [0.15, 0.2) is 23.3 Å². The Bertz CT molecular complexity index is 698. The van der Waals surface area contributed by atoms with Gasteiger partial charge in [-0.1, -0.05) is 51.3 Å². The SMILES string of the molecule is C=C(C)/C(F)=C(/F)C(=C)C(C)CCC(C)/C=C/c1cccc(F)c1F. The van der Waals surface area contributed by atoms with Gasteiger partial charge in [-0.15, -0.1) is 0 Å². The van der Waals surface area contributed by atoms with Crippen molar-refractivity contribution in [2.45, 2.75) is 33.6 Å². The maximum atomic E-state index is 13.9. The van der Waals surface area contributed by atoms with Gasteiger partial charge in [0.2, 0.25) is 0 Å². The van der Waals surface area contributed by atoms with Crippen molar-refractivity contribution in [1.82, 2.24) is 0 Å². The van der Waals surface area contributed by atoms with E-state index in [1.54, 1.807) is 13.0 Å². The highest BCUT2D eigenvalue weighted by Gasteiger charge is 2.17. The molecule has 0 N–H and O–H groups in total. The Morgan fingerprint density at radius 2 is 1.72 bits per heavy atom. The molecule has 0 fully saturated rings. The molecule has 0 amide bonds. The molecule has 136 valence electrons. The van der Waals surface area contributed by atoms with E-state index in [1.165, 1.54) is 25.1 Å². The maximum absolute atomic E-state index is 13.9. The molecule has 0 saturated heterocycles. The van der Waals surface area contributed by atoms with Crippen molar-refractivity contribution in [3.05, 3.63) is 77.4 Å². The number of halogens is 4. The first-order valence-corrected chi connectivity index (χ1v) is 8.17. The van der Waals surface area contributed by atoms with Crippen LogP contribution < -0.4 is 0 Å². The van der Waals surface area contributed by atoms with Gasteiger partial charge in [-0.3, -0.25) is 0 Å². The van der Waals surface area contributed by atoms with Crippen molar-refractivity contribution >= 4 is 6.08 Å². The monoisotopic (exact) mass is 352 g/mol. The molecule has 2 unspecified atom stereocenters. The summed E-state index contributed by atoms with van der Waals surface area (Å²) in [4.78, 5) is 0. The lowest BCUT2D eigenvalue weighted by atomic mass is 9.91. The average molecular weight is 352 g/mol. The third-order valence-electron chi connectivity index (χ3n) is 4.08. The molecule has 0 aromatic heterocycles. The van der Waals surface area contributed by atoms with Crippen LogP contribution >= 0.6 is 0 Å². The summed E-state index contributed by atoms with van der Waals surface area (Å²) in [7, 11) is 0. The van der Waals surface area contributed by atoms with E-state index in [9.17, 15) is 17.6 Å². The highest BCUT2D eigenvalue weighted by atomic mass is 19.2. The zero-order chi connectivity index (χ0) is 19.1. The Balaban J connectivity index is 2.64. The highest BCUT2D eigenvalue weighted by Crippen LogP contribution is 2.29. The van der Waals surface area contributed by atoms with Crippen LogP contribution in [-0.4, -0.2) is 0 Å². The van der Waals surface area contributed by atoms with Crippen molar-refractivity contribution < 1.29 is 17.6 Å². The van der Waals surface area contributed by atoms with Gasteiger partial charge in [-0.2, -0.15) is 0 Å². The summed E-state index contributed by atoms with van der Waals surface area (Å²) in [5, 5.41) is 0. The molecular formula is C21H24F4. The predicted octanol–water partition coefficient (Wildman–Crippen LogP) is 7.31. The molecule has 4 heteroatoms. The van der Waals surface area contributed by atoms with E-state index in [2.05, 4.69) is 13.2 Å². The summed E-state index contributed by atoms with van der Waals surface area (Å²) in [6, 6.07) is 4.00. The number of rotatable bonds is 8. The fraction of sp³-hybridized carbons (Fsp3) is 0.333. The first-order chi connectivity index (χ1) is 11.6. The molecule has 1 rings (SSSR count). The van der Waals surface area contributed by atoms with Gasteiger partial charge in [-0.05, 0) is 48.8 Å². The minimum atomic E-state index is -0.966. The molecule has 0 aliphatic rings. The Hall–Kier alpha value is -2.10. The smallest absolute Gasteiger partial charge is 0.166 e. The van der Waals surface area contributed by atoms with Crippen LogP contribution in [0.3, 0.4) is 0 Å². The number of hydrogen-bond acceptors (Lipinski definition) is 0. The van der Waals surface area contributed by atoms with Crippen LogP contribution in [0.15, 0.2) is 60.2 Å². The third kappa shape index (κ3) is 6.04. The summed E-state index contributed by atoms with van der Waals surface area (Å²) < 4.78 is 54.2. The van der Waals surface area contributed by atoms with Gasteiger partial charge < -0.3 is 0 Å². The summed E-state index contributed by atoms with van der Waals surface area (Å²) in [6.07, 6.45) is 4.57. The Labute approximate surface area is 147 Å². The predicted molar refractivity (Wildman–Crippen MR) is 96.2 cm³/mol. The van der Waals surface area contributed by atoms with Crippen LogP contribution in [0.1, 0.15) is 39.2 Å². The van der Waals surface area contributed by atoms with Gasteiger partial charge in [-0.25, -0.2) is 17.6 Å². The van der Waals surface area contributed by atoms with Gasteiger partial charge in [0.05, 0.1) is 0 Å². The van der Waals surface area contributed by atoms with Crippen LogP contribution in [0.25, 0.3) is 6.08 Å². The van der Waals surface area contributed by atoms with Gasteiger partial charge in [0, 0.05) is 5.56 Å². The summed E-state index contributed by atoms with van der Waals surface area (Å²) in [5.74, 6) is -3.86. The molecule has 0 radical (unpaired) electrons. The number of hydrogen-bond donors (Lipinski definition) is 0. The van der Waals surface area contributed by atoms with E-state index in [1.807, 2.05) is 6.92 Å². The molecular weight excluding hydrogens is 328 g/mol. The molecule has 0 bridgehead atoms. The average Bonchev–Trinajstić information content (AvgIpc) is 2.58. The van der Waals surface area contributed by atoms with E-state index in [-0.39, 0.29) is 28.5 Å². The molecule has 0 heterocycles. The molecule has 1 aromatic carbocycles. The van der Waals surface area contributed by atoms with E-state index < -0.39 is 23.3 Å². The summed E-state index contributed by atoms with van der Waals surface area (Å²) in [5.41, 5.74) is 0.314. The van der Waals surface area contributed by atoms with Crippen molar-refractivity contribution in [2.24, 2.45) is 11.8 Å². The molecule has 0 aliphatic carbocycles. The number of benzene rings is 1. The van der Waals surface area contributed by atoms with Crippen molar-refractivity contribution in [2.75, 3.05) is 0 Å². The van der Waals surface area contributed by atoms with Crippen LogP contribution in [0.2, 0.25) is 0 Å². The third-order valence-corrected chi connectivity index (χ3v) is 4.08. The van der Waals surface area contributed by atoms with Crippen LogP contribution in [0.5, 0.6) is 0 Å². The van der Waals surface area contributed by atoms with Crippen molar-refractivity contribution in [1.29, 1.82) is 0 Å². The first-order valence-electron chi connectivity index (χ1n) is 8.17. The van der Waals surface area contributed by atoms with E-state index in [4.69, 9.17) is 0 Å². The Morgan fingerprint density at radius 3 is 2.32 bits per heavy atom. The second-order valence-corrected chi connectivity index (χ2v) is 6.39. The molecule has 0 aliphatic heterocycles. The van der Waals surface area contributed by atoms with E-state index in [0.717, 1.165) is 6.07 Å². The second kappa shape index (κ2) is 9.40. The van der Waals surface area contributed by atoms with Gasteiger partial charge >= 0.3 is 0 Å². The normalized spacial score (nSPS) is 15.0. The Morgan fingerprint density at radius 1 is 1.08 bits per heavy atom. The largest absolute Gasteiger partial charge is 0.204 e. The highest BCUT2D eigenvalue weighted by molar-refractivity contribution is 5.50. The zero-order valence-electron chi connectivity index (χ0n) is 14.9. The maximum Gasteiger partial charge on any atom is 0.166 e. The molecule has 0 spiro atoms. The fourth-order valence-electron chi connectivity index (χ4n) is 2.25. The number of allylic oxidation sites excluding steroid dienone is 5. The lowest BCUT2D eigenvalue weighted by Gasteiger charge is -2.15. The zero-order valence-corrected chi connectivity index (χ0v) is 14.9. The standard InChI is InChI=1S/C21H24F4/c1-13(2)19(23)20(24)16(5)15(4)11-9-14(3)10-12-17-7-6-8-18(22)21(17)25/h6-8,10,12,14-15H,1,5,9,11H2,2-4H3/b12-10+,20-19-. The minimum absolute atomic E-state index is 0.0271. The fourth-order valence-corrected chi connectivity index (χ4v) is 2.25. The molecule has 25 heavy (non-hydrogen) atoms. The summed E-state index contributed by atoms with van der Waals surface area (Å²) in [6.45, 7) is 12.1. The van der Waals surface area contributed by atoms with Gasteiger partial charge in [0.25, 0.3) is 0 Å². The van der Waals surface area contributed by atoms with Crippen molar-refractivity contribution in [3.63, 3.8) is 0 Å². The van der Waals surface area contributed by atoms with Crippen LogP contribution in [0, 0.1) is 23.5 Å². The van der Waals surface area contributed by atoms with Gasteiger partial charge in [0.1, 0.15) is 0 Å². The van der Waals surface area contributed by atoms with E-state index >= 15 is 0 Å². The first kappa shape index (κ1) is 20.9. The molecule has 2 atom stereocenters. The summed E-state index contributed by atoms with van der Waals surface area (Å²) >= 11 is 0. The van der Waals surface area contributed by atoms with Crippen molar-refractivity contribution in [3.8, 4) is 0 Å². The molecule has 0 nitrogen and oxygen atoms in total. The topological polar surface area (TPSA) is 0 Å². The molecule has 0 saturated carbocycles. The lowest BCUT2D eigenvalue weighted by molar-refractivity contribution is 0.485.